The lowest BCUT2D eigenvalue weighted by Crippen LogP contribution is -2.19. The second-order valence-electron chi connectivity index (χ2n) is 4.50. The number of hydrogen-bond acceptors (Lipinski definition) is 5. The van der Waals surface area contributed by atoms with Crippen molar-refractivity contribution < 1.29 is 14.3 Å². The van der Waals surface area contributed by atoms with Crippen molar-refractivity contribution in [1.29, 1.82) is 0 Å². The minimum absolute atomic E-state index is 0.0539. The number of benzene rings is 1. The maximum Gasteiger partial charge on any atom is 0.189 e. The molecule has 0 aliphatic heterocycles. The van der Waals surface area contributed by atoms with Crippen LogP contribution in [-0.4, -0.2) is 29.0 Å². The van der Waals surface area contributed by atoms with Gasteiger partial charge in [-0.1, -0.05) is 30.3 Å². The molecule has 2 N–H and O–H groups in total. The van der Waals surface area contributed by atoms with Crippen LogP contribution in [-0.2, 0) is 4.74 Å². The molecule has 2 aromatic rings. The van der Waals surface area contributed by atoms with Gasteiger partial charge in [0.1, 0.15) is 6.04 Å². The zero-order valence-electron chi connectivity index (χ0n) is 12.2. The van der Waals surface area contributed by atoms with Crippen LogP contribution in [0.5, 0.6) is 5.75 Å². The molecular weight excluding hydrogens is 270 g/mol. The van der Waals surface area contributed by atoms with Gasteiger partial charge < -0.3 is 15.2 Å². The molecule has 1 aromatic heterocycles. The maximum atomic E-state index is 12.4. The van der Waals surface area contributed by atoms with Gasteiger partial charge in [-0.15, -0.1) is 0 Å². The number of aromatic nitrogens is 2. The van der Waals surface area contributed by atoms with E-state index in [0.29, 0.717) is 23.7 Å². The van der Waals surface area contributed by atoms with Crippen LogP contribution in [0.4, 0.5) is 5.82 Å². The normalized spacial score (nSPS) is 12.1. The first kappa shape index (κ1) is 15.1. The molecule has 1 unspecified atom stereocenters. The van der Waals surface area contributed by atoms with Gasteiger partial charge >= 0.3 is 0 Å². The van der Waals surface area contributed by atoms with Gasteiger partial charge in [-0.25, -0.2) is 4.68 Å². The lowest BCUT2D eigenvalue weighted by molar-refractivity contribution is 0.0228. The Balaban J connectivity index is 2.13. The van der Waals surface area contributed by atoms with Crippen LogP contribution in [0.1, 0.15) is 30.2 Å². The average Bonchev–Trinajstić information content (AvgIpc) is 2.88. The molecule has 0 fully saturated rings. The molecule has 0 aliphatic carbocycles. The fourth-order valence-corrected chi connectivity index (χ4v) is 1.92. The van der Waals surface area contributed by atoms with Gasteiger partial charge in [-0.3, -0.25) is 4.79 Å². The molecule has 2 rings (SSSR count). The highest BCUT2D eigenvalue weighted by atomic mass is 16.7. The SMILES string of the molecule is CCOCOc1cnn(C(C)C(=O)c2ccccc2)c1N. The molecule has 0 amide bonds. The van der Waals surface area contributed by atoms with E-state index in [1.54, 1.807) is 19.1 Å². The largest absolute Gasteiger partial charge is 0.462 e. The van der Waals surface area contributed by atoms with Crippen LogP contribution in [0, 0.1) is 0 Å². The van der Waals surface area contributed by atoms with E-state index in [1.807, 2.05) is 25.1 Å². The second kappa shape index (κ2) is 6.90. The fourth-order valence-electron chi connectivity index (χ4n) is 1.92. The number of ketones is 1. The number of nitrogen functional groups attached to an aromatic ring is 1. The minimum atomic E-state index is -0.503. The molecule has 0 spiro atoms. The highest BCUT2D eigenvalue weighted by molar-refractivity contribution is 5.98. The Labute approximate surface area is 123 Å². The summed E-state index contributed by atoms with van der Waals surface area (Å²) in [5, 5.41) is 4.13. The van der Waals surface area contributed by atoms with Crippen molar-refractivity contribution in [3.8, 4) is 5.75 Å². The van der Waals surface area contributed by atoms with Crippen molar-refractivity contribution in [3.05, 3.63) is 42.1 Å². The number of hydrogen-bond donors (Lipinski definition) is 1. The maximum absolute atomic E-state index is 12.4. The van der Waals surface area contributed by atoms with E-state index < -0.39 is 6.04 Å². The Morgan fingerprint density at radius 2 is 2.10 bits per heavy atom. The zero-order valence-corrected chi connectivity index (χ0v) is 12.2. The van der Waals surface area contributed by atoms with E-state index in [-0.39, 0.29) is 12.6 Å². The van der Waals surface area contributed by atoms with E-state index >= 15 is 0 Å². The van der Waals surface area contributed by atoms with Crippen LogP contribution < -0.4 is 10.5 Å². The summed E-state index contributed by atoms with van der Waals surface area (Å²) in [6.45, 7) is 4.28. The summed E-state index contributed by atoms with van der Waals surface area (Å²) in [5.74, 6) is 0.671. The molecule has 1 aromatic carbocycles. The molecule has 0 bridgehead atoms. The number of nitrogens with zero attached hydrogens (tertiary/aromatic N) is 2. The van der Waals surface area contributed by atoms with E-state index in [4.69, 9.17) is 15.2 Å². The monoisotopic (exact) mass is 289 g/mol. The number of Topliss-reactive ketones (excluding diaryl/α,β-unsaturated/α-hetero) is 1. The molecule has 112 valence electrons. The molecule has 1 heterocycles. The summed E-state index contributed by atoms with van der Waals surface area (Å²) in [7, 11) is 0. The van der Waals surface area contributed by atoms with E-state index in [1.165, 1.54) is 10.9 Å². The zero-order chi connectivity index (χ0) is 15.2. The third kappa shape index (κ3) is 3.41. The minimum Gasteiger partial charge on any atom is -0.462 e. The predicted octanol–water partition coefficient (Wildman–Crippen LogP) is 2.28. The summed E-state index contributed by atoms with van der Waals surface area (Å²) < 4.78 is 11.9. The number of rotatable bonds is 7. The molecule has 21 heavy (non-hydrogen) atoms. The molecule has 0 aliphatic rings. The van der Waals surface area contributed by atoms with Gasteiger partial charge in [0.2, 0.25) is 0 Å². The Kier molecular flexibility index (Phi) is 4.94. The number of nitrogens with two attached hydrogens (primary N) is 1. The molecule has 6 heteroatoms. The van der Waals surface area contributed by atoms with Crippen LogP contribution in [0.15, 0.2) is 36.5 Å². The third-order valence-corrected chi connectivity index (χ3v) is 3.11. The van der Waals surface area contributed by atoms with Crippen LogP contribution in [0.25, 0.3) is 0 Å². The lowest BCUT2D eigenvalue weighted by atomic mass is 10.1. The summed E-state index contributed by atoms with van der Waals surface area (Å²) in [5.41, 5.74) is 6.59. The second-order valence-corrected chi connectivity index (χ2v) is 4.50. The standard InChI is InChI=1S/C15H19N3O3/c1-3-20-10-21-13-9-17-18(15(13)16)11(2)14(19)12-7-5-4-6-8-12/h4-9,11H,3,10,16H2,1-2H3. The average molecular weight is 289 g/mol. The lowest BCUT2D eigenvalue weighted by Gasteiger charge is -2.13. The summed E-state index contributed by atoms with van der Waals surface area (Å²) in [6.07, 6.45) is 1.49. The van der Waals surface area contributed by atoms with Crippen molar-refractivity contribution in [2.24, 2.45) is 0 Å². The van der Waals surface area contributed by atoms with Gasteiger partial charge in [0, 0.05) is 12.2 Å². The van der Waals surface area contributed by atoms with Crippen LogP contribution >= 0.6 is 0 Å². The fraction of sp³-hybridized carbons (Fsp3) is 0.333. The Morgan fingerprint density at radius 1 is 1.38 bits per heavy atom. The Bertz CT molecular complexity index is 595. The molecule has 0 radical (unpaired) electrons. The number of ether oxygens (including phenoxy) is 2. The first-order valence-corrected chi connectivity index (χ1v) is 6.78. The molecular formula is C15H19N3O3. The smallest absolute Gasteiger partial charge is 0.189 e. The first-order valence-electron chi connectivity index (χ1n) is 6.78. The number of anilines is 1. The van der Waals surface area contributed by atoms with Crippen molar-refractivity contribution >= 4 is 11.6 Å². The van der Waals surface area contributed by atoms with Gasteiger partial charge in [-0.2, -0.15) is 5.10 Å². The van der Waals surface area contributed by atoms with E-state index in [9.17, 15) is 4.79 Å². The van der Waals surface area contributed by atoms with Gasteiger partial charge in [0.05, 0.1) is 6.20 Å². The molecule has 1 atom stereocenters. The number of carbonyl (C=O) groups is 1. The summed E-state index contributed by atoms with van der Waals surface area (Å²) in [4.78, 5) is 12.4. The van der Waals surface area contributed by atoms with E-state index in [2.05, 4.69) is 5.10 Å². The van der Waals surface area contributed by atoms with Crippen molar-refractivity contribution in [2.75, 3.05) is 19.1 Å². The van der Waals surface area contributed by atoms with Crippen LogP contribution in [0.3, 0.4) is 0 Å². The first-order chi connectivity index (χ1) is 10.1. The van der Waals surface area contributed by atoms with Crippen molar-refractivity contribution in [3.63, 3.8) is 0 Å². The summed E-state index contributed by atoms with van der Waals surface area (Å²) in [6, 6.07) is 8.54. The molecule has 0 saturated heterocycles. The van der Waals surface area contributed by atoms with E-state index in [0.717, 1.165) is 0 Å². The van der Waals surface area contributed by atoms with Crippen molar-refractivity contribution in [1.82, 2.24) is 9.78 Å². The van der Waals surface area contributed by atoms with Gasteiger partial charge in [-0.05, 0) is 13.8 Å². The Hall–Kier alpha value is -2.34. The van der Waals surface area contributed by atoms with Gasteiger partial charge in [0.15, 0.2) is 24.1 Å². The number of carbonyl (C=O) groups excluding carboxylic acids is 1. The predicted molar refractivity (Wildman–Crippen MR) is 79.2 cm³/mol. The highest BCUT2D eigenvalue weighted by Gasteiger charge is 2.21. The Morgan fingerprint density at radius 3 is 2.76 bits per heavy atom. The highest BCUT2D eigenvalue weighted by Crippen LogP contribution is 2.25. The molecule has 6 nitrogen and oxygen atoms in total. The topological polar surface area (TPSA) is 79.4 Å². The van der Waals surface area contributed by atoms with Crippen LogP contribution in [0.2, 0.25) is 0 Å². The molecule has 0 saturated carbocycles. The quantitative estimate of drug-likeness (QED) is 0.480. The van der Waals surface area contributed by atoms with Gasteiger partial charge in [0.25, 0.3) is 0 Å². The summed E-state index contributed by atoms with van der Waals surface area (Å²) >= 11 is 0. The third-order valence-electron chi connectivity index (χ3n) is 3.11. The van der Waals surface area contributed by atoms with Crippen molar-refractivity contribution in [2.45, 2.75) is 19.9 Å².